The number of anilines is 1. The smallest absolute Gasteiger partial charge is 0.406 e. The first-order valence-corrected chi connectivity index (χ1v) is 16.6. The van der Waals surface area contributed by atoms with Crippen molar-refractivity contribution in [2.24, 2.45) is 10.2 Å². The van der Waals surface area contributed by atoms with Gasteiger partial charge in [-0.2, -0.15) is 5.10 Å². The zero-order chi connectivity index (χ0) is 34.5. The molecule has 49 heavy (non-hydrogen) atoms. The summed E-state index contributed by atoms with van der Waals surface area (Å²) in [5, 5.41) is 15.7. The maximum absolute atomic E-state index is 12.5. The summed E-state index contributed by atoms with van der Waals surface area (Å²) < 4.78 is 45.0. The quantitative estimate of drug-likeness (QED) is 0.107. The fourth-order valence-corrected chi connectivity index (χ4v) is 6.42. The van der Waals surface area contributed by atoms with Gasteiger partial charge in [0.2, 0.25) is 4.80 Å². The third-order valence-corrected chi connectivity index (χ3v) is 8.82. The maximum atomic E-state index is 12.5. The Labute approximate surface area is 286 Å². The van der Waals surface area contributed by atoms with Gasteiger partial charge in [0.05, 0.1) is 23.3 Å². The molecular weight excluding hydrogens is 648 g/mol. The van der Waals surface area contributed by atoms with Crippen molar-refractivity contribution in [3.63, 3.8) is 0 Å². The number of alkyl halides is 3. The van der Waals surface area contributed by atoms with Gasteiger partial charge in [-0.15, -0.1) is 34.7 Å². The second-order valence-electron chi connectivity index (χ2n) is 11.2. The number of rotatable bonds is 10. The average Bonchev–Trinajstić information content (AvgIpc) is 3.74. The van der Waals surface area contributed by atoms with Crippen LogP contribution in [0.3, 0.4) is 0 Å². The Morgan fingerprint density at radius 1 is 0.857 bits per heavy atom. The molecule has 4 aromatic carbocycles. The van der Waals surface area contributed by atoms with Gasteiger partial charge in [-0.1, -0.05) is 54.6 Å². The Morgan fingerprint density at radius 3 is 2.14 bits per heavy atom. The molecular formula is C37H34F3N7OS. The summed E-state index contributed by atoms with van der Waals surface area (Å²) in [7, 11) is 0. The molecule has 12 heteroatoms. The van der Waals surface area contributed by atoms with Crippen LogP contribution in [0, 0.1) is 13.8 Å². The molecule has 6 aromatic rings. The van der Waals surface area contributed by atoms with Gasteiger partial charge < -0.3 is 9.64 Å². The average molecular weight is 682 g/mol. The topological polar surface area (TPSA) is 72.8 Å². The van der Waals surface area contributed by atoms with Gasteiger partial charge in [-0.05, 0) is 86.3 Å². The largest absolute Gasteiger partial charge is 0.573 e. The highest BCUT2D eigenvalue weighted by Gasteiger charge is 2.31. The summed E-state index contributed by atoms with van der Waals surface area (Å²) in [6, 6.07) is 27.9. The Balaban J connectivity index is 1.24. The van der Waals surface area contributed by atoms with Crippen LogP contribution < -0.4 is 14.4 Å². The fraction of sp³-hybridized carbons (Fsp3) is 0.189. The molecule has 0 N–H and O–H groups in total. The SMILES string of the molecule is CCN(CC)c1ccc(-c2csc(=NN=Cc3ccc(-c4ncn(-c5ccc(OC(F)(F)F)cc5)n4)cc3)n2-c2c(C)cccc2C)cc1. The molecule has 0 aliphatic rings. The number of halogens is 3. The van der Waals surface area contributed by atoms with Crippen molar-refractivity contribution < 1.29 is 17.9 Å². The van der Waals surface area contributed by atoms with Crippen LogP contribution in [-0.4, -0.2) is 45.0 Å². The molecule has 2 aromatic heterocycles. The lowest BCUT2D eigenvalue weighted by Crippen LogP contribution is -2.21. The molecule has 2 heterocycles. The van der Waals surface area contributed by atoms with Crippen LogP contribution in [0.1, 0.15) is 30.5 Å². The molecule has 0 amide bonds. The van der Waals surface area contributed by atoms with Crippen molar-refractivity contribution in [3.05, 3.63) is 124 Å². The van der Waals surface area contributed by atoms with Gasteiger partial charge in [0.25, 0.3) is 0 Å². The molecule has 0 atom stereocenters. The first kappa shape index (κ1) is 33.4. The summed E-state index contributed by atoms with van der Waals surface area (Å²) in [4.78, 5) is 7.44. The van der Waals surface area contributed by atoms with E-state index in [1.54, 1.807) is 6.21 Å². The molecule has 0 radical (unpaired) electrons. The second-order valence-corrected chi connectivity index (χ2v) is 12.1. The molecule has 8 nitrogen and oxygen atoms in total. The number of nitrogens with zero attached hydrogens (tertiary/aromatic N) is 7. The fourth-order valence-electron chi connectivity index (χ4n) is 5.57. The Kier molecular flexibility index (Phi) is 9.77. The van der Waals surface area contributed by atoms with Crippen LogP contribution in [0.4, 0.5) is 18.9 Å². The van der Waals surface area contributed by atoms with Crippen LogP contribution >= 0.6 is 11.3 Å². The van der Waals surface area contributed by atoms with E-state index >= 15 is 0 Å². The van der Waals surface area contributed by atoms with Crippen molar-refractivity contribution >= 4 is 23.2 Å². The summed E-state index contributed by atoms with van der Waals surface area (Å²) in [5.74, 6) is 0.163. The summed E-state index contributed by atoms with van der Waals surface area (Å²) >= 11 is 1.54. The van der Waals surface area contributed by atoms with E-state index in [9.17, 15) is 13.2 Å². The normalized spacial score (nSPS) is 12.2. The van der Waals surface area contributed by atoms with Gasteiger partial charge in [0.1, 0.15) is 12.1 Å². The summed E-state index contributed by atoms with van der Waals surface area (Å²) in [6.07, 6.45) is -1.54. The van der Waals surface area contributed by atoms with E-state index in [1.807, 2.05) is 24.3 Å². The number of ether oxygens (including phenoxy) is 1. The molecule has 0 fully saturated rings. The minimum absolute atomic E-state index is 0.305. The lowest BCUT2D eigenvalue weighted by molar-refractivity contribution is -0.274. The van der Waals surface area contributed by atoms with E-state index in [1.165, 1.54) is 52.3 Å². The highest BCUT2D eigenvalue weighted by Crippen LogP contribution is 2.29. The molecule has 250 valence electrons. The molecule has 0 aliphatic carbocycles. The van der Waals surface area contributed by atoms with Gasteiger partial charge in [-0.3, -0.25) is 4.57 Å². The first-order valence-electron chi connectivity index (χ1n) is 15.7. The van der Waals surface area contributed by atoms with Gasteiger partial charge in [-0.25, -0.2) is 9.67 Å². The van der Waals surface area contributed by atoms with Crippen molar-refractivity contribution in [1.82, 2.24) is 19.3 Å². The molecule has 0 aliphatic heterocycles. The summed E-state index contributed by atoms with van der Waals surface area (Å²) in [5.41, 5.74) is 8.87. The maximum Gasteiger partial charge on any atom is 0.573 e. The number of hydrogen-bond donors (Lipinski definition) is 0. The van der Waals surface area contributed by atoms with Gasteiger partial charge >= 0.3 is 6.36 Å². The highest BCUT2D eigenvalue weighted by molar-refractivity contribution is 7.07. The number of para-hydroxylation sites is 1. The number of thiazole rings is 1. The standard InChI is InChI=1S/C37H34F3N7OS/c1-5-45(6-2)30-16-14-28(15-17-30)33-23-49-36(47(33)34-25(3)8-7-9-26(34)4)43-42-22-27-10-12-29(13-11-27)35-41-24-46(44-35)31-18-20-32(21-19-31)48-37(38,39)40/h7-24H,5-6H2,1-4H3. The predicted octanol–water partition coefficient (Wildman–Crippen LogP) is 8.75. The van der Waals surface area contributed by atoms with E-state index in [4.69, 9.17) is 0 Å². The van der Waals surface area contributed by atoms with Crippen LogP contribution in [0.2, 0.25) is 0 Å². The number of hydrogen-bond acceptors (Lipinski definition) is 7. The van der Waals surface area contributed by atoms with Crippen LogP contribution in [0.5, 0.6) is 5.75 Å². The van der Waals surface area contributed by atoms with Gasteiger partial charge in [0, 0.05) is 29.7 Å². The minimum Gasteiger partial charge on any atom is -0.406 e. The van der Waals surface area contributed by atoms with Crippen LogP contribution in [0.25, 0.3) is 34.0 Å². The van der Waals surface area contributed by atoms with Crippen molar-refractivity contribution in [2.75, 3.05) is 18.0 Å². The monoisotopic (exact) mass is 681 g/mol. The van der Waals surface area contributed by atoms with Crippen LogP contribution in [0.15, 0.2) is 113 Å². The molecule has 0 saturated carbocycles. The van der Waals surface area contributed by atoms with Crippen molar-refractivity contribution in [3.8, 4) is 39.8 Å². The molecule has 0 spiro atoms. The Morgan fingerprint density at radius 2 is 1.51 bits per heavy atom. The van der Waals surface area contributed by atoms with E-state index in [0.29, 0.717) is 11.5 Å². The predicted molar refractivity (Wildman–Crippen MR) is 189 cm³/mol. The second kappa shape index (κ2) is 14.3. The lowest BCUT2D eigenvalue weighted by atomic mass is 10.1. The summed E-state index contributed by atoms with van der Waals surface area (Å²) in [6.45, 7) is 10.4. The molecule has 0 unspecified atom stereocenters. The number of aromatic nitrogens is 4. The number of benzene rings is 4. The zero-order valence-electron chi connectivity index (χ0n) is 27.4. The highest BCUT2D eigenvalue weighted by atomic mass is 32.1. The molecule has 0 saturated heterocycles. The third-order valence-electron chi connectivity index (χ3n) is 8.01. The lowest BCUT2D eigenvalue weighted by Gasteiger charge is -2.21. The van der Waals surface area contributed by atoms with E-state index < -0.39 is 6.36 Å². The van der Waals surface area contributed by atoms with Crippen molar-refractivity contribution in [1.29, 1.82) is 0 Å². The molecule has 0 bridgehead atoms. The van der Waals surface area contributed by atoms with Crippen LogP contribution in [-0.2, 0) is 0 Å². The first-order chi connectivity index (χ1) is 23.6. The zero-order valence-corrected chi connectivity index (χ0v) is 28.2. The van der Waals surface area contributed by atoms with E-state index in [0.717, 1.165) is 57.1 Å². The van der Waals surface area contributed by atoms with E-state index in [-0.39, 0.29) is 5.75 Å². The molecule has 6 rings (SSSR count). The Bertz CT molecular complexity index is 2110. The van der Waals surface area contributed by atoms with Crippen molar-refractivity contribution in [2.45, 2.75) is 34.1 Å². The third kappa shape index (κ3) is 7.65. The number of aryl methyl sites for hydroxylation is 2. The van der Waals surface area contributed by atoms with Gasteiger partial charge in [0.15, 0.2) is 5.82 Å². The Hall–Kier alpha value is -5.49. The minimum atomic E-state index is -4.75. The van der Waals surface area contributed by atoms with E-state index in [2.05, 4.69) is 110 Å².